The van der Waals surface area contributed by atoms with E-state index in [0.29, 0.717) is 56.1 Å². The predicted octanol–water partition coefficient (Wildman–Crippen LogP) is 1.53. The maximum atomic E-state index is 12.9. The van der Waals surface area contributed by atoms with Gasteiger partial charge in [0.1, 0.15) is 4.90 Å². The van der Waals surface area contributed by atoms with E-state index >= 15 is 0 Å². The number of carbonyl (C=O) groups is 2. The van der Waals surface area contributed by atoms with E-state index in [-0.39, 0.29) is 22.5 Å². The molecule has 0 saturated carbocycles. The number of anilines is 1. The van der Waals surface area contributed by atoms with Gasteiger partial charge in [0.25, 0.3) is 15.9 Å². The Kier molecular flexibility index (Phi) is 6.75. The molecular formula is C23H27N5O4S. The number of sulfonamides is 1. The molecule has 0 bridgehead atoms. The average Bonchev–Trinajstić information content (AvgIpc) is 3.08. The summed E-state index contributed by atoms with van der Waals surface area (Å²) in [7, 11) is -3.69. The molecule has 0 atom stereocenters. The second kappa shape index (κ2) is 9.72. The van der Waals surface area contributed by atoms with Crippen LogP contribution in [0.3, 0.4) is 0 Å². The molecule has 0 radical (unpaired) electrons. The van der Waals surface area contributed by atoms with Crippen molar-refractivity contribution in [1.29, 1.82) is 0 Å². The van der Waals surface area contributed by atoms with Crippen LogP contribution in [0.25, 0.3) is 0 Å². The van der Waals surface area contributed by atoms with Crippen molar-refractivity contribution < 1.29 is 18.0 Å². The van der Waals surface area contributed by atoms with Crippen molar-refractivity contribution in [3.8, 4) is 0 Å². The summed E-state index contributed by atoms with van der Waals surface area (Å²) in [6.07, 6.45) is 0.906. The number of fused-ring (bicyclic) bond motifs is 1. The number of piperazine rings is 1. The van der Waals surface area contributed by atoms with Crippen LogP contribution < -0.4 is 10.6 Å². The molecule has 2 heterocycles. The van der Waals surface area contributed by atoms with E-state index in [1.54, 1.807) is 47.4 Å². The summed E-state index contributed by atoms with van der Waals surface area (Å²) in [5, 5.41) is 5.91. The Morgan fingerprint density at radius 1 is 1.00 bits per heavy atom. The normalized spacial score (nSPS) is 17.2. The Hall–Kier alpha value is -3.24. The van der Waals surface area contributed by atoms with Crippen LogP contribution in [0.1, 0.15) is 29.3 Å². The monoisotopic (exact) mass is 469 g/mol. The first kappa shape index (κ1) is 22.9. The van der Waals surface area contributed by atoms with Gasteiger partial charge in [-0.05, 0) is 42.8 Å². The van der Waals surface area contributed by atoms with Gasteiger partial charge in [0.2, 0.25) is 5.91 Å². The van der Waals surface area contributed by atoms with Crippen LogP contribution in [-0.2, 0) is 14.8 Å². The second-order valence-electron chi connectivity index (χ2n) is 8.03. The first-order chi connectivity index (χ1) is 15.9. The highest BCUT2D eigenvalue weighted by Gasteiger charge is 2.28. The summed E-state index contributed by atoms with van der Waals surface area (Å²) in [4.78, 5) is 28.8. The summed E-state index contributed by atoms with van der Waals surface area (Å²) < 4.78 is 28.2. The minimum Gasteiger partial charge on any atom is -0.355 e. The van der Waals surface area contributed by atoms with Gasteiger partial charge >= 0.3 is 0 Å². The fourth-order valence-electron chi connectivity index (χ4n) is 3.84. The Bertz CT molecular complexity index is 1170. The van der Waals surface area contributed by atoms with Gasteiger partial charge in [-0.15, -0.1) is 4.40 Å². The number of benzene rings is 2. The zero-order chi connectivity index (χ0) is 23.4. The van der Waals surface area contributed by atoms with E-state index in [4.69, 9.17) is 0 Å². The number of hydrogen-bond donors (Lipinski definition) is 2. The van der Waals surface area contributed by atoms with Gasteiger partial charge < -0.3 is 15.5 Å². The lowest BCUT2D eigenvalue weighted by Gasteiger charge is -2.34. The van der Waals surface area contributed by atoms with Crippen molar-refractivity contribution in [3.05, 3.63) is 59.7 Å². The number of nitrogens with one attached hydrogen (secondary N) is 2. The van der Waals surface area contributed by atoms with Crippen molar-refractivity contribution >= 4 is 33.4 Å². The van der Waals surface area contributed by atoms with Crippen LogP contribution in [0, 0.1) is 0 Å². The summed E-state index contributed by atoms with van der Waals surface area (Å²) >= 11 is 0. The Morgan fingerprint density at radius 3 is 2.39 bits per heavy atom. The third-order valence-electron chi connectivity index (χ3n) is 5.63. The number of hydrogen-bond acceptors (Lipinski definition) is 6. The lowest BCUT2D eigenvalue weighted by atomic mass is 10.1. The van der Waals surface area contributed by atoms with Gasteiger partial charge in [0, 0.05) is 49.5 Å². The topological polar surface area (TPSA) is 111 Å². The van der Waals surface area contributed by atoms with Crippen molar-refractivity contribution in [2.45, 2.75) is 18.2 Å². The van der Waals surface area contributed by atoms with Crippen molar-refractivity contribution in [3.63, 3.8) is 0 Å². The zero-order valence-electron chi connectivity index (χ0n) is 18.5. The quantitative estimate of drug-likeness (QED) is 0.664. The van der Waals surface area contributed by atoms with Crippen LogP contribution in [0.2, 0.25) is 0 Å². The molecule has 2 aromatic carbocycles. The lowest BCUT2D eigenvalue weighted by molar-refractivity contribution is -0.122. The first-order valence-electron chi connectivity index (χ1n) is 11.0. The van der Waals surface area contributed by atoms with Gasteiger partial charge in [-0.1, -0.05) is 19.1 Å². The fourth-order valence-corrected chi connectivity index (χ4v) is 5.02. The van der Waals surface area contributed by atoms with Gasteiger partial charge in [-0.25, -0.2) is 0 Å². The van der Waals surface area contributed by atoms with Gasteiger partial charge in [-0.2, -0.15) is 8.42 Å². The van der Waals surface area contributed by atoms with Crippen LogP contribution in [0.4, 0.5) is 5.69 Å². The predicted molar refractivity (Wildman–Crippen MR) is 126 cm³/mol. The Morgan fingerprint density at radius 2 is 1.70 bits per heavy atom. The third-order valence-corrected chi connectivity index (χ3v) is 6.96. The molecule has 2 N–H and O–H groups in total. The van der Waals surface area contributed by atoms with E-state index in [0.717, 1.165) is 6.42 Å². The van der Waals surface area contributed by atoms with E-state index < -0.39 is 10.0 Å². The summed E-state index contributed by atoms with van der Waals surface area (Å²) in [6, 6.07) is 13.6. The molecule has 0 aromatic heterocycles. The highest BCUT2D eigenvalue weighted by Crippen LogP contribution is 2.26. The molecule has 33 heavy (non-hydrogen) atoms. The first-order valence-corrected chi connectivity index (χ1v) is 12.4. The second-order valence-corrected chi connectivity index (χ2v) is 9.60. The highest BCUT2D eigenvalue weighted by molar-refractivity contribution is 7.90. The average molecular weight is 470 g/mol. The van der Waals surface area contributed by atoms with Gasteiger partial charge in [-0.3, -0.25) is 14.5 Å². The fraction of sp³-hybridized carbons (Fsp3) is 0.348. The van der Waals surface area contributed by atoms with Crippen molar-refractivity contribution in [1.82, 2.24) is 15.1 Å². The maximum absolute atomic E-state index is 12.9. The zero-order valence-corrected chi connectivity index (χ0v) is 19.3. The molecule has 174 valence electrons. The van der Waals surface area contributed by atoms with Crippen LogP contribution in [-0.4, -0.2) is 75.1 Å². The van der Waals surface area contributed by atoms with Crippen molar-refractivity contribution in [2.75, 3.05) is 44.6 Å². The molecule has 1 saturated heterocycles. The number of amidine groups is 1. The smallest absolute Gasteiger partial charge is 0.285 e. The highest BCUT2D eigenvalue weighted by atomic mass is 32.2. The van der Waals surface area contributed by atoms with Crippen LogP contribution in [0.15, 0.2) is 57.8 Å². The van der Waals surface area contributed by atoms with E-state index in [1.165, 1.54) is 6.07 Å². The molecule has 2 amide bonds. The minimum atomic E-state index is -3.69. The molecule has 10 heteroatoms. The van der Waals surface area contributed by atoms with Crippen LogP contribution >= 0.6 is 0 Å². The van der Waals surface area contributed by atoms with E-state index in [9.17, 15) is 18.0 Å². The number of amides is 2. The third kappa shape index (κ3) is 5.23. The molecule has 4 rings (SSSR count). The number of nitrogens with zero attached hydrogens (tertiary/aromatic N) is 3. The summed E-state index contributed by atoms with van der Waals surface area (Å²) in [5.74, 6) is 0.216. The SMILES string of the molecule is CCCNC(=O)CN1CCN(C(=O)c2ccc(NC3=NS(=O)(=O)c4ccccc43)cc2)CC1. The molecule has 2 aliphatic heterocycles. The molecular weight excluding hydrogens is 442 g/mol. The molecule has 0 aliphatic carbocycles. The van der Waals surface area contributed by atoms with Crippen molar-refractivity contribution in [2.24, 2.45) is 4.40 Å². The van der Waals surface area contributed by atoms with E-state index in [1.807, 2.05) is 6.92 Å². The molecule has 0 unspecified atom stereocenters. The number of rotatable bonds is 6. The minimum absolute atomic E-state index is 0.0157. The maximum Gasteiger partial charge on any atom is 0.285 e. The molecule has 2 aliphatic rings. The molecule has 9 nitrogen and oxygen atoms in total. The standard InChI is InChI=1S/C23H27N5O4S/c1-2-11-24-21(29)16-27-12-14-28(15-13-27)23(30)17-7-9-18(10-8-17)25-22-19-5-3-4-6-20(19)33(31,32)26-22/h3-10H,2,11-16H2,1H3,(H,24,29)(H,25,26). The Labute approximate surface area is 193 Å². The van der Waals surface area contributed by atoms with Crippen LogP contribution in [0.5, 0.6) is 0 Å². The molecule has 1 fully saturated rings. The number of carbonyl (C=O) groups excluding carboxylic acids is 2. The summed E-state index contributed by atoms with van der Waals surface area (Å²) in [6.45, 7) is 5.47. The van der Waals surface area contributed by atoms with Gasteiger partial charge in [0.05, 0.1) is 6.54 Å². The Balaban J connectivity index is 1.34. The summed E-state index contributed by atoms with van der Waals surface area (Å²) in [5.41, 5.74) is 1.72. The largest absolute Gasteiger partial charge is 0.355 e. The molecule has 2 aromatic rings. The lowest BCUT2D eigenvalue weighted by Crippen LogP contribution is -2.51. The molecule has 0 spiro atoms. The van der Waals surface area contributed by atoms with E-state index in [2.05, 4.69) is 19.9 Å². The van der Waals surface area contributed by atoms with Gasteiger partial charge in [0.15, 0.2) is 5.84 Å².